The molecule has 8 heteroatoms. The van der Waals surface area contributed by atoms with Crippen molar-refractivity contribution >= 4 is 17.9 Å². The Morgan fingerprint density at radius 2 is 1.91 bits per heavy atom. The van der Waals surface area contributed by atoms with Gasteiger partial charge in [0.15, 0.2) is 0 Å². The third-order valence-corrected chi connectivity index (χ3v) is 3.01. The van der Waals surface area contributed by atoms with Crippen molar-refractivity contribution in [2.45, 2.75) is 12.8 Å². The molecule has 1 rings (SSSR count). The van der Waals surface area contributed by atoms with Crippen LogP contribution in [0.15, 0.2) is 24.3 Å². The summed E-state index contributed by atoms with van der Waals surface area (Å²) in [7, 11) is 1.50. The van der Waals surface area contributed by atoms with Gasteiger partial charge in [0, 0.05) is 32.2 Å². The lowest BCUT2D eigenvalue weighted by atomic mass is 10.2. The summed E-state index contributed by atoms with van der Waals surface area (Å²) in [6.45, 7) is 0.783. The van der Waals surface area contributed by atoms with Gasteiger partial charge in [-0.1, -0.05) is 6.07 Å². The van der Waals surface area contributed by atoms with Crippen molar-refractivity contribution in [2.24, 2.45) is 0 Å². The van der Waals surface area contributed by atoms with E-state index in [1.54, 1.807) is 0 Å². The maximum Gasteiger partial charge on any atom is 0.317 e. The van der Waals surface area contributed by atoms with E-state index in [0.29, 0.717) is 19.5 Å². The molecule has 0 radical (unpaired) electrons. The topological polar surface area (TPSA) is 98.7 Å². The van der Waals surface area contributed by atoms with Crippen LogP contribution in [-0.2, 0) is 4.79 Å². The molecule has 3 N–H and O–H groups in total. The Morgan fingerprint density at radius 3 is 2.57 bits per heavy atom. The van der Waals surface area contributed by atoms with E-state index in [0.717, 1.165) is 6.07 Å². The molecule has 0 aliphatic heterocycles. The van der Waals surface area contributed by atoms with Crippen LogP contribution in [0.1, 0.15) is 23.2 Å². The average molecular weight is 325 g/mol. The summed E-state index contributed by atoms with van der Waals surface area (Å²) in [5.41, 5.74) is 0.238. The normalized spacial score (nSPS) is 10.0. The van der Waals surface area contributed by atoms with Gasteiger partial charge in [-0.25, -0.2) is 9.18 Å². The lowest BCUT2D eigenvalue weighted by Crippen LogP contribution is -2.39. The predicted molar refractivity (Wildman–Crippen MR) is 81.6 cm³/mol. The van der Waals surface area contributed by atoms with Crippen LogP contribution >= 0.6 is 0 Å². The minimum absolute atomic E-state index is 0.117. The molecule has 0 aliphatic carbocycles. The fourth-order valence-corrected chi connectivity index (χ4v) is 1.72. The van der Waals surface area contributed by atoms with E-state index in [9.17, 15) is 18.8 Å². The molecule has 0 atom stereocenters. The number of aliphatic carboxylic acids is 1. The van der Waals surface area contributed by atoms with Crippen molar-refractivity contribution in [1.29, 1.82) is 0 Å². The van der Waals surface area contributed by atoms with E-state index in [4.69, 9.17) is 5.11 Å². The largest absolute Gasteiger partial charge is 0.481 e. The SMILES string of the molecule is CN(CCC(=O)O)C(=O)NCCCNC(=O)c1cccc(F)c1. The summed E-state index contributed by atoms with van der Waals surface area (Å²) in [6.07, 6.45) is 0.382. The number of nitrogens with zero attached hydrogens (tertiary/aromatic N) is 1. The number of halogens is 1. The first-order chi connectivity index (χ1) is 10.9. The second-order valence-electron chi connectivity index (χ2n) is 4.92. The van der Waals surface area contributed by atoms with Crippen molar-refractivity contribution in [1.82, 2.24) is 15.5 Å². The monoisotopic (exact) mass is 325 g/mol. The summed E-state index contributed by atoms with van der Waals surface area (Å²) in [4.78, 5) is 35.0. The van der Waals surface area contributed by atoms with E-state index in [2.05, 4.69) is 10.6 Å². The summed E-state index contributed by atoms with van der Waals surface area (Å²) in [5, 5.41) is 13.8. The Bertz CT molecular complexity index is 565. The van der Waals surface area contributed by atoms with Crippen LogP contribution in [-0.4, -0.2) is 54.6 Å². The minimum Gasteiger partial charge on any atom is -0.481 e. The van der Waals surface area contributed by atoms with Gasteiger partial charge in [-0.2, -0.15) is 0 Å². The zero-order valence-corrected chi connectivity index (χ0v) is 12.8. The molecule has 3 amide bonds. The van der Waals surface area contributed by atoms with Gasteiger partial charge in [-0.15, -0.1) is 0 Å². The Labute approximate surface area is 133 Å². The summed E-state index contributed by atoms with van der Waals surface area (Å²) >= 11 is 0. The molecule has 1 aromatic carbocycles. The number of nitrogens with one attached hydrogen (secondary N) is 2. The quantitative estimate of drug-likeness (QED) is 0.622. The van der Waals surface area contributed by atoms with E-state index in [1.165, 1.54) is 30.1 Å². The molecule has 0 aromatic heterocycles. The zero-order chi connectivity index (χ0) is 17.2. The fraction of sp³-hybridized carbons (Fsp3) is 0.400. The highest BCUT2D eigenvalue weighted by Crippen LogP contribution is 2.02. The van der Waals surface area contributed by atoms with Crippen molar-refractivity contribution in [2.75, 3.05) is 26.7 Å². The summed E-state index contributed by atoms with van der Waals surface area (Å²) in [6, 6.07) is 5.00. The van der Waals surface area contributed by atoms with Crippen LogP contribution in [0, 0.1) is 5.82 Å². The summed E-state index contributed by atoms with van der Waals surface area (Å²) < 4.78 is 13.0. The smallest absolute Gasteiger partial charge is 0.317 e. The number of amides is 3. The molecule has 1 aromatic rings. The third kappa shape index (κ3) is 7.25. The predicted octanol–water partition coefficient (Wildman–Crippen LogP) is 1.06. The number of hydrogen-bond donors (Lipinski definition) is 3. The van der Waals surface area contributed by atoms with Crippen LogP contribution in [0.2, 0.25) is 0 Å². The van der Waals surface area contributed by atoms with Crippen LogP contribution in [0.5, 0.6) is 0 Å². The number of benzene rings is 1. The molecule has 0 saturated carbocycles. The number of hydrogen-bond acceptors (Lipinski definition) is 3. The number of carboxylic acids is 1. The van der Waals surface area contributed by atoms with Gasteiger partial charge in [0.2, 0.25) is 0 Å². The van der Waals surface area contributed by atoms with Gasteiger partial charge in [-0.3, -0.25) is 9.59 Å². The molecule has 0 aliphatic rings. The first-order valence-electron chi connectivity index (χ1n) is 7.14. The van der Waals surface area contributed by atoms with Gasteiger partial charge < -0.3 is 20.6 Å². The third-order valence-electron chi connectivity index (χ3n) is 3.01. The molecule has 0 fully saturated rings. The fourth-order valence-electron chi connectivity index (χ4n) is 1.72. The Morgan fingerprint density at radius 1 is 1.22 bits per heavy atom. The number of urea groups is 1. The lowest BCUT2D eigenvalue weighted by molar-refractivity contribution is -0.137. The second-order valence-corrected chi connectivity index (χ2v) is 4.92. The van der Waals surface area contributed by atoms with Crippen molar-refractivity contribution in [3.05, 3.63) is 35.6 Å². The molecule has 0 bridgehead atoms. The molecule has 0 unspecified atom stereocenters. The highest BCUT2D eigenvalue weighted by molar-refractivity contribution is 5.94. The van der Waals surface area contributed by atoms with Gasteiger partial charge in [0.25, 0.3) is 5.91 Å². The maximum absolute atomic E-state index is 13.0. The maximum atomic E-state index is 13.0. The Hall–Kier alpha value is -2.64. The van der Waals surface area contributed by atoms with Crippen molar-refractivity contribution < 1.29 is 23.9 Å². The number of carboxylic acid groups (broad SMARTS) is 1. The Kier molecular flexibility index (Phi) is 7.52. The van der Waals surface area contributed by atoms with Crippen LogP contribution < -0.4 is 10.6 Å². The Balaban J connectivity index is 2.18. The van der Waals surface area contributed by atoms with E-state index in [-0.39, 0.29) is 30.5 Å². The minimum atomic E-state index is -0.968. The van der Waals surface area contributed by atoms with Crippen LogP contribution in [0.25, 0.3) is 0 Å². The average Bonchev–Trinajstić information content (AvgIpc) is 2.51. The van der Waals surface area contributed by atoms with Crippen LogP contribution in [0.4, 0.5) is 9.18 Å². The molecule has 0 heterocycles. The van der Waals surface area contributed by atoms with Crippen molar-refractivity contribution in [3.8, 4) is 0 Å². The first-order valence-corrected chi connectivity index (χ1v) is 7.14. The lowest BCUT2D eigenvalue weighted by Gasteiger charge is -2.16. The highest BCUT2D eigenvalue weighted by Gasteiger charge is 2.09. The van der Waals surface area contributed by atoms with Crippen LogP contribution in [0.3, 0.4) is 0 Å². The molecular formula is C15H20FN3O4. The van der Waals surface area contributed by atoms with E-state index >= 15 is 0 Å². The standard InChI is InChI=1S/C15H20FN3O4/c1-19(9-6-13(20)21)15(23)18-8-3-7-17-14(22)11-4-2-5-12(16)10-11/h2,4-5,10H,3,6-9H2,1H3,(H,17,22)(H,18,23)(H,20,21). The first kappa shape index (κ1) is 18.4. The van der Waals surface area contributed by atoms with Gasteiger partial charge >= 0.3 is 12.0 Å². The molecular weight excluding hydrogens is 305 g/mol. The molecule has 126 valence electrons. The van der Waals surface area contributed by atoms with Gasteiger partial charge in [0.1, 0.15) is 5.82 Å². The summed E-state index contributed by atoms with van der Waals surface area (Å²) in [5.74, 6) is -1.83. The number of rotatable bonds is 8. The molecule has 0 saturated heterocycles. The number of carbonyl (C=O) groups is 3. The second kappa shape index (κ2) is 9.39. The van der Waals surface area contributed by atoms with E-state index < -0.39 is 11.8 Å². The molecule has 23 heavy (non-hydrogen) atoms. The van der Waals surface area contributed by atoms with E-state index in [1.807, 2.05) is 0 Å². The zero-order valence-electron chi connectivity index (χ0n) is 12.8. The number of carbonyl (C=O) groups excluding carboxylic acids is 2. The highest BCUT2D eigenvalue weighted by atomic mass is 19.1. The molecule has 0 spiro atoms. The molecule has 7 nitrogen and oxygen atoms in total. The van der Waals surface area contributed by atoms with Gasteiger partial charge in [-0.05, 0) is 24.6 Å². The van der Waals surface area contributed by atoms with Gasteiger partial charge in [0.05, 0.1) is 6.42 Å². The van der Waals surface area contributed by atoms with Crippen molar-refractivity contribution in [3.63, 3.8) is 0 Å².